The normalized spacial score (nSPS) is 13.3. The van der Waals surface area contributed by atoms with Crippen LogP contribution in [0.15, 0.2) is 109 Å². The van der Waals surface area contributed by atoms with Gasteiger partial charge in [0, 0.05) is 19.4 Å². The maximum absolute atomic E-state index is 12.6. The molecule has 0 rings (SSSR count). The summed E-state index contributed by atoms with van der Waals surface area (Å²) in [5.41, 5.74) is 0. The summed E-state index contributed by atoms with van der Waals surface area (Å²) in [4.78, 5) is 25.1. The van der Waals surface area contributed by atoms with Crippen LogP contribution in [0.3, 0.4) is 0 Å². The molecule has 5 heteroatoms. The molecule has 0 aliphatic heterocycles. The van der Waals surface area contributed by atoms with Gasteiger partial charge in [-0.3, -0.25) is 9.59 Å². The Balaban J connectivity index is 4.31. The third-order valence-electron chi connectivity index (χ3n) is 8.82. The lowest BCUT2D eigenvalue weighted by Gasteiger charge is -2.18. The molecule has 0 N–H and O–H groups in total. The predicted octanol–water partition coefficient (Wildman–Crippen LogP) is 14.9. The van der Waals surface area contributed by atoms with Gasteiger partial charge in [0.05, 0.1) is 6.61 Å². The third kappa shape index (κ3) is 43.3. The quantitative estimate of drug-likeness (QED) is 0.0354. The first-order valence-corrected chi connectivity index (χ1v) is 22.4. The van der Waals surface area contributed by atoms with Crippen LogP contribution < -0.4 is 0 Å². The van der Waals surface area contributed by atoms with Crippen molar-refractivity contribution in [2.24, 2.45) is 0 Å². The first kappa shape index (κ1) is 52.6. The van der Waals surface area contributed by atoms with Crippen molar-refractivity contribution in [3.8, 4) is 0 Å². The molecular formula is C51H82O5. The van der Waals surface area contributed by atoms with Gasteiger partial charge in [0.25, 0.3) is 0 Å². The summed E-state index contributed by atoms with van der Waals surface area (Å²) in [6, 6.07) is 0. The minimum Gasteiger partial charge on any atom is -0.462 e. The Labute approximate surface area is 344 Å². The zero-order valence-corrected chi connectivity index (χ0v) is 36.1. The van der Waals surface area contributed by atoms with Gasteiger partial charge in [-0.1, -0.05) is 182 Å². The first-order valence-electron chi connectivity index (χ1n) is 22.4. The molecule has 1 atom stereocenters. The van der Waals surface area contributed by atoms with Crippen molar-refractivity contribution >= 4 is 11.9 Å². The van der Waals surface area contributed by atoms with E-state index in [1.54, 1.807) is 0 Å². The van der Waals surface area contributed by atoms with E-state index in [1.165, 1.54) is 32.1 Å². The highest BCUT2D eigenvalue weighted by atomic mass is 16.6. The molecule has 0 aromatic heterocycles. The fraction of sp³-hybridized carbons (Fsp3) is 0.608. The molecule has 0 heterocycles. The van der Waals surface area contributed by atoms with Crippen LogP contribution in [-0.2, 0) is 23.8 Å². The molecule has 0 saturated carbocycles. The highest BCUT2D eigenvalue weighted by Gasteiger charge is 2.17. The monoisotopic (exact) mass is 775 g/mol. The molecule has 0 bridgehead atoms. The number of carbonyl (C=O) groups excluding carboxylic acids is 2. The summed E-state index contributed by atoms with van der Waals surface area (Å²) in [5.74, 6) is -0.522. The summed E-state index contributed by atoms with van der Waals surface area (Å²) in [5, 5.41) is 0. The Morgan fingerprint density at radius 1 is 0.411 bits per heavy atom. The molecule has 0 aromatic carbocycles. The van der Waals surface area contributed by atoms with Gasteiger partial charge in [-0.2, -0.15) is 0 Å². The van der Waals surface area contributed by atoms with Gasteiger partial charge in [0.2, 0.25) is 0 Å². The standard InChI is InChI=1S/C51H82O5/c1-4-7-10-13-16-18-20-22-23-24-25-26-27-28-30-32-34-37-40-43-46-54-47-49(56-51(53)45-42-39-35-15-12-9-6-3)48-55-50(52)44-41-38-36-33-31-29-21-19-17-14-11-8-5-2/h7-8,10-11,16-19,22-23,25-26,28-31,36,38,49H,4-6,9,12-15,20-21,24,27,32-35,37,39-48H2,1-3H3/b10-7-,11-8-,18-16-,19-17-,23-22-,26-25-,30-28-,31-29-,38-36-. The van der Waals surface area contributed by atoms with Crippen LogP contribution >= 0.6 is 0 Å². The fourth-order valence-corrected chi connectivity index (χ4v) is 5.55. The summed E-state index contributed by atoms with van der Waals surface area (Å²) in [7, 11) is 0. The number of carbonyl (C=O) groups is 2. The van der Waals surface area contributed by atoms with E-state index in [9.17, 15) is 9.59 Å². The largest absolute Gasteiger partial charge is 0.462 e. The van der Waals surface area contributed by atoms with Crippen molar-refractivity contribution in [2.75, 3.05) is 19.8 Å². The van der Waals surface area contributed by atoms with E-state index in [0.717, 1.165) is 103 Å². The van der Waals surface area contributed by atoms with Gasteiger partial charge in [-0.15, -0.1) is 0 Å². The highest BCUT2D eigenvalue weighted by Crippen LogP contribution is 2.11. The van der Waals surface area contributed by atoms with Gasteiger partial charge in [0.1, 0.15) is 6.61 Å². The molecule has 0 saturated heterocycles. The molecule has 0 aliphatic rings. The Hall–Kier alpha value is -3.44. The molecule has 1 unspecified atom stereocenters. The summed E-state index contributed by atoms with van der Waals surface area (Å²) in [6.07, 6.45) is 62.6. The Morgan fingerprint density at radius 2 is 0.839 bits per heavy atom. The zero-order valence-electron chi connectivity index (χ0n) is 36.1. The van der Waals surface area contributed by atoms with Gasteiger partial charge < -0.3 is 14.2 Å². The van der Waals surface area contributed by atoms with Crippen molar-refractivity contribution in [3.05, 3.63) is 109 Å². The predicted molar refractivity (Wildman–Crippen MR) is 242 cm³/mol. The van der Waals surface area contributed by atoms with E-state index in [4.69, 9.17) is 14.2 Å². The van der Waals surface area contributed by atoms with Gasteiger partial charge in [-0.05, 0) is 89.9 Å². The van der Waals surface area contributed by atoms with Crippen LogP contribution in [0.5, 0.6) is 0 Å². The molecule has 0 spiro atoms. The van der Waals surface area contributed by atoms with E-state index in [0.29, 0.717) is 25.9 Å². The van der Waals surface area contributed by atoms with Crippen LogP contribution in [0.2, 0.25) is 0 Å². The first-order chi connectivity index (χ1) is 27.6. The molecule has 5 nitrogen and oxygen atoms in total. The summed E-state index contributed by atoms with van der Waals surface area (Å²) in [6.45, 7) is 7.40. The Kier molecular flexibility index (Phi) is 43.1. The zero-order chi connectivity index (χ0) is 40.7. The van der Waals surface area contributed by atoms with Crippen molar-refractivity contribution in [1.82, 2.24) is 0 Å². The topological polar surface area (TPSA) is 61.8 Å². The number of hydrogen-bond donors (Lipinski definition) is 0. The molecular weight excluding hydrogens is 693 g/mol. The lowest BCUT2D eigenvalue weighted by Crippen LogP contribution is -2.30. The number of unbranched alkanes of at least 4 members (excludes halogenated alkanes) is 10. The number of esters is 2. The maximum Gasteiger partial charge on any atom is 0.306 e. The second kappa shape index (κ2) is 45.9. The third-order valence-corrected chi connectivity index (χ3v) is 8.82. The fourth-order valence-electron chi connectivity index (χ4n) is 5.55. The molecule has 316 valence electrons. The van der Waals surface area contributed by atoms with Crippen LogP contribution in [0.1, 0.15) is 175 Å². The minimum atomic E-state index is -0.580. The summed E-state index contributed by atoms with van der Waals surface area (Å²) < 4.78 is 17.1. The second-order valence-corrected chi connectivity index (χ2v) is 14.2. The van der Waals surface area contributed by atoms with Crippen LogP contribution in [0, 0.1) is 0 Å². The van der Waals surface area contributed by atoms with E-state index in [1.807, 2.05) is 6.08 Å². The van der Waals surface area contributed by atoms with Gasteiger partial charge in [0.15, 0.2) is 6.10 Å². The van der Waals surface area contributed by atoms with Crippen molar-refractivity contribution in [1.29, 1.82) is 0 Å². The maximum atomic E-state index is 12.6. The Morgan fingerprint density at radius 3 is 1.36 bits per heavy atom. The van der Waals surface area contributed by atoms with E-state index >= 15 is 0 Å². The minimum absolute atomic E-state index is 0.0308. The molecule has 0 aliphatic carbocycles. The number of allylic oxidation sites excluding steroid dienone is 18. The summed E-state index contributed by atoms with van der Waals surface area (Å²) >= 11 is 0. The lowest BCUT2D eigenvalue weighted by atomic mass is 10.1. The van der Waals surface area contributed by atoms with Gasteiger partial charge in [-0.25, -0.2) is 0 Å². The van der Waals surface area contributed by atoms with Crippen LogP contribution in [-0.4, -0.2) is 37.9 Å². The van der Waals surface area contributed by atoms with Crippen LogP contribution in [0.25, 0.3) is 0 Å². The van der Waals surface area contributed by atoms with Crippen molar-refractivity contribution < 1.29 is 23.8 Å². The number of hydrogen-bond acceptors (Lipinski definition) is 5. The van der Waals surface area contributed by atoms with Crippen molar-refractivity contribution in [2.45, 2.75) is 181 Å². The van der Waals surface area contributed by atoms with E-state index in [-0.39, 0.29) is 25.2 Å². The van der Waals surface area contributed by atoms with Crippen LogP contribution in [0.4, 0.5) is 0 Å². The van der Waals surface area contributed by atoms with E-state index in [2.05, 4.69) is 124 Å². The molecule has 0 amide bonds. The average Bonchev–Trinajstić information content (AvgIpc) is 3.20. The number of rotatable bonds is 39. The Bertz CT molecular complexity index is 1150. The molecule has 56 heavy (non-hydrogen) atoms. The highest BCUT2D eigenvalue weighted by molar-refractivity contribution is 5.70. The van der Waals surface area contributed by atoms with Gasteiger partial charge >= 0.3 is 11.9 Å². The SMILES string of the molecule is CC/C=C\C/C=C\C/C=C\C/C=C\C/C=C\CCCCCCOCC(COC(=O)CC/C=C\C/C=C\C/C=C\C/C=C\CC)OC(=O)CCCCCCCCC. The smallest absolute Gasteiger partial charge is 0.306 e. The number of ether oxygens (including phenoxy) is 3. The molecule has 0 fully saturated rings. The molecule has 0 radical (unpaired) electrons. The molecule has 0 aromatic rings. The average molecular weight is 775 g/mol. The van der Waals surface area contributed by atoms with Crippen molar-refractivity contribution in [3.63, 3.8) is 0 Å². The lowest BCUT2D eigenvalue weighted by molar-refractivity contribution is -0.162. The second-order valence-electron chi connectivity index (χ2n) is 14.2. The van der Waals surface area contributed by atoms with E-state index < -0.39 is 6.10 Å².